The summed E-state index contributed by atoms with van der Waals surface area (Å²) in [5.41, 5.74) is 8.74. The fourth-order valence-corrected chi connectivity index (χ4v) is 2.55. The van der Waals surface area contributed by atoms with Gasteiger partial charge in [-0.05, 0) is 42.5 Å². The van der Waals surface area contributed by atoms with Gasteiger partial charge in [-0.15, -0.1) is 0 Å². The van der Waals surface area contributed by atoms with Crippen molar-refractivity contribution in [3.8, 4) is 0 Å². The molecule has 0 saturated carbocycles. The molecular weight excluding hydrogens is 250 g/mol. The summed E-state index contributed by atoms with van der Waals surface area (Å²) in [7, 11) is 0. The lowest BCUT2D eigenvalue weighted by Gasteiger charge is -2.20. The Kier molecular flexibility index (Phi) is 4.81. The molecule has 15 heavy (non-hydrogen) atoms. The zero-order chi connectivity index (χ0) is 11.4. The van der Waals surface area contributed by atoms with E-state index in [1.54, 1.807) is 0 Å². The number of hydrogen-bond donors (Lipinski definition) is 1. The third-order valence-corrected chi connectivity index (χ3v) is 3.26. The van der Waals surface area contributed by atoms with Crippen molar-refractivity contribution in [3.05, 3.63) is 33.8 Å². The molecule has 0 aliphatic rings. The highest BCUT2D eigenvalue weighted by molar-refractivity contribution is 9.10. The van der Waals surface area contributed by atoms with Crippen LogP contribution in [0.1, 0.15) is 43.9 Å². The van der Waals surface area contributed by atoms with Crippen molar-refractivity contribution in [2.75, 3.05) is 0 Å². The topological polar surface area (TPSA) is 26.0 Å². The van der Waals surface area contributed by atoms with Gasteiger partial charge in [-0.25, -0.2) is 0 Å². The van der Waals surface area contributed by atoms with E-state index in [4.69, 9.17) is 5.73 Å². The summed E-state index contributed by atoms with van der Waals surface area (Å²) in [5.74, 6) is 0.545. The zero-order valence-electron chi connectivity index (χ0n) is 9.76. The molecule has 0 spiro atoms. The van der Waals surface area contributed by atoms with E-state index in [9.17, 15) is 0 Å². The Morgan fingerprint density at radius 2 is 2.00 bits per heavy atom. The predicted octanol–water partition coefficient (Wildman–Crippen LogP) is 4.19. The molecule has 1 aromatic carbocycles. The van der Waals surface area contributed by atoms with Crippen molar-refractivity contribution in [1.82, 2.24) is 0 Å². The molecule has 2 N–H and O–H groups in total. The monoisotopic (exact) mass is 269 g/mol. The van der Waals surface area contributed by atoms with Crippen LogP contribution in [-0.2, 0) is 0 Å². The van der Waals surface area contributed by atoms with Crippen LogP contribution >= 0.6 is 15.9 Å². The molecule has 2 unspecified atom stereocenters. The van der Waals surface area contributed by atoms with Crippen molar-refractivity contribution in [2.24, 2.45) is 11.7 Å². The molecule has 1 nitrogen and oxygen atoms in total. The predicted molar refractivity (Wildman–Crippen MR) is 69.9 cm³/mol. The standard InChI is InChI=1S/C13H20BrN/c1-4-5-10(3)13(15)11-6-9(2)7-12(14)8-11/h6-8,10,13H,4-5,15H2,1-3H3. The molecule has 1 rings (SSSR count). The summed E-state index contributed by atoms with van der Waals surface area (Å²) < 4.78 is 1.12. The third kappa shape index (κ3) is 3.62. The first-order valence-corrected chi connectivity index (χ1v) is 6.36. The van der Waals surface area contributed by atoms with E-state index in [0.717, 1.165) is 4.47 Å². The Balaban J connectivity index is 2.85. The Hall–Kier alpha value is -0.340. The summed E-state index contributed by atoms with van der Waals surface area (Å²) >= 11 is 3.51. The van der Waals surface area contributed by atoms with Crippen LogP contribution in [0.2, 0.25) is 0 Å². The lowest BCUT2D eigenvalue weighted by Crippen LogP contribution is -2.19. The lowest BCUT2D eigenvalue weighted by molar-refractivity contribution is 0.433. The number of aryl methyl sites for hydroxylation is 1. The van der Waals surface area contributed by atoms with Crippen LogP contribution in [0.4, 0.5) is 0 Å². The van der Waals surface area contributed by atoms with E-state index in [2.05, 4.69) is 54.9 Å². The molecule has 1 aromatic rings. The maximum absolute atomic E-state index is 6.24. The molecule has 0 aliphatic heterocycles. The number of hydrogen-bond acceptors (Lipinski definition) is 1. The molecule has 0 amide bonds. The minimum atomic E-state index is 0.154. The molecule has 0 radical (unpaired) electrons. The van der Waals surface area contributed by atoms with E-state index in [1.165, 1.54) is 24.0 Å². The van der Waals surface area contributed by atoms with Gasteiger partial charge in [0.15, 0.2) is 0 Å². The summed E-state index contributed by atoms with van der Waals surface area (Å²) in [4.78, 5) is 0. The highest BCUT2D eigenvalue weighted by Crippen LogP contribution is 2.26. The summed E-state index contributed by atoms with van der Waals surface area (Å²) in [5, 5.41) is 0. The second-order valence-corrected chi connectivity index (χ2v) is 5.27. The van der Waals surface area contributed by atoms with Gasteiger partial charge in [0.1, 0.15) is 0 Å². The Morgan fingerprint density at radius 1 is 1.33 bits per heavy atom. The molecule has 2 heteroatoms. The number of nitrogens with two attached hydrogens (primary N) is 1. The van der Waals surface area contributed by atoms with Gasteiger partial charge in [0.05, 0.1) is 0 Å². The average Bonchev–Trinajstić information content (AvgIpc) is 2.15. The van der Waals surface area contributed by atoms with Crippen LogP contribution in [0.25, 0.3) is 0 Å². The molecule has 0 fully saturated rings. The van der Waals surface area contributed by atoms with Crippen molar-refractivity contribution >= 4 is 15.9 Å². The summed E-state index contributed by atoms with van der Waals surface area (Å²) in [6.07, 6.45) is 2.38. The highest BCUT2D eigenvalue weighted by atomic mass is 79.9. The third-order valence-electron chi connectivity index (χ3n) is 2.81. The zero-order valence-corrected chi connectivity index (χ0v) is 11.3. The van der Waals surface area contributed by atoms with Crippen molar-refractivity contribution < 1.29 is 0 Å². The Labute approximate surface area is 101 Å². The second-order valence-electron chi connectivity index (χ2n) is 4.35. The van der Waals surface area contributed by atoms with E-state index in [1.807, 2.05) is 0 Å². The number of halogens is 1. The fourth-order valence-electron chi connectivity index (χ4n) is 1.92. The van der Waals surface area contributed by atoms with Crippen LogP contribution in [0.5, 0.6) is 0 Å². The number of benzene rings is 1. The first-order valence-electron chi connectivity index (χ1n) is 5.57. The van der Waals surface area contributed by atoms with Crippen LogP contribution in [-0.4, -0.2) is 0 Å². The van der Waals surface area contributed by atoms with E-state index < -0.39 is 0 Å². The van der Waals surface area contributed by atoms with E-state index in [0.29, 0.717) is 5.92 Å². The van der Waals surface area contributed by atoms with Crippen LogP contribution in [0.3, 0.4) is 0 Å². The number of rotatable bonds is 4. The molecule has 0 heterocycles. The second kappa shape index (κ2) is 5.66. The Bertz CT molecular complexity index is 302. The average molecular weight is 270 g/mol. The van der Waals surface area contributed by atoms with Gasteiger partial charge in [-0.2, -0.15) is 0 Å². The van der Waals surface area contributed by atoms with Crippen molar-refractivity contribution in [2.45, 2.75) is 39.7 Å². The van der Waals surface area contributed by atoms with Gasteiger partial charge < -0.3 is 5.73 Å². The normalized spacial score (nSPS) is 15.0. The molecular formula is C13H20BrN. The SMILES string of the molecule is CCCC(C)C(N)c1cc(C)cc(Br)c1. The van der Waals surface area contributed by atoms with Crippen LogP contribution < -0.4 is 5.73 Å². The summed E-state index contributed by atoms with van der Waals surface area (Å²) in [6, 6.07) is 6.58. The van der Waals surface area contributed by atoms with Crippen molar-refractivity contribution in [1.29, 1.82) is 0 Å². The molecule has 2 atom stereocenters. The molecule has 0 aromatic heterocycles. The van der Waals surface area contributed by atoms with Gasteiger partial charge in [0, 0.05) is 10.5 Å². The Morgan fingerprint density at radius 3 is 2.53 bits per heavy atom. The van der Waals surface area contributed by atoms with Crippen LogP contribution in [0.15, 0.2) is 22.7 Å². The molecule has 0 bridgehead atoms. The largest absolute Gasteiger partial charge is 0.324 e. The maximum atomic E-state index is 6.24. The van der Waals surface area contributed by atoms with Gasteiger partial charge in [-0.1, -0.05) is 42.3 Å². The van der Waals surface area contributed by atoms with Gasteiger partial charge in [-0.3, -0.25) is 0 Å². The van der Waals surface area contributed by atoms with Crippen LogP contribution in [0, 0.1) is 12.8 Å². The maximum Gasteiger partial charge on any atom is 0.0321 e. The van der Waals surface area contributed by atoms with Gasteiger partial charge in [0.25, 0.3) is 0 Å². The lowest BCUT2D eigenvalue weighted by atomic mass is 9.91. The highest BCUT2D eigenvalue weighted by Gasteiger charge is 2.14. The first-order chi connectivity index (χ1) is 7.04. The quantitative estimate of drug-likeness (QED) is 0.872. The summed E-state index contributed by atoms with van der Waals surface area (Å²) in [6.45, 7) is 6.53. The van der Waals surface area contributed by atoms with E-state index >= 15 is 0 Å². The van der Waals surface area contributed by atoms with E-state index in [-0.39, 0.29) is 6.04 Å². The van der Waals surface area contributed by atoms with Crippen molar-refractivity contribution in [3.63, 3.8) is 0 Å². The van der Waals surface area contributed by atoms with Gasteiger partial charge >= 0.3 is 0 Å². The molecule has 0 saturated heterocycles. The molecule has 0 aliphatic carbocycles. The first kappa shape index (κ1) is 12.7. The smallest absolute Gasteiger partial charge is 0.0321 e. The fraction of sp³-hybridized carbons (Fsp3) is 0.538. The van der Waals surface area contributed by atoms with Gasteiger partial charge in [0.2, 0.25) is 0 Å². The minimum absolute atomic E-state index is 0.154. The minimum Gasteiger partial charge on any atom is -0.324 e. The molecule has 84 valence electrons.